The Morgan fingerprint density at radius 2 is 1.86 bits per heavy atom. The highest BCUT2D eigenvalue weighted by atomic mass is 16.2. The van der Waals surface area contributed by atoms with Gasteiger partial charge < -0.3 is 5.73 Å². The van der Waals surface area contributed by atoms with E-state index in [4.69, 9.17) is 5.73 Å². The van der Waals surface area contributed by atoms with E-state index in [9.17, 15) is 4.79 Å². The van der Waals surface area contributed by atoms with Crippen molar-refractivity contribution in [1.29, 1.82) is 0 Å². The average Bonchev–Trinajstić information content (AvgIpc) is 2.89. The Morgan fingerprint density at radius 3 is 2.59 bits per heavy atom. The number of rotatable bonds is 2. The fraction of sp³-hybridized carbons (Fsp3) is 0.118. The molecule has 5 heteroatoms. The van der Waals surface area contributed by atoms with Crippen LogP contribution < -0.4 is 5.73 Å². The van der Waals surface area contributed by atoms with Gasteiger partial charge in [0.05, 0.1) is 0 Å². The molecule has 0 fully saturated rings. The highest BCUT2D eigenvalue weighted by Gasteiger charge is 2.18. The van der Waals surface area contributed by atoms with E-state index in [0.29, 0.717) is 11.4 Å². The van der Waals surface area contributed by atoms with Gasteiger partial charge in [-0.3, -0.25) is 4.79 Å². The first-order valence-corrected chi connectivity index (χ1v) is 6.96. The number of carbonyl (C=O) groups excluding carboxylic acids is 1. The lowest BCUT2D eigenvalue weighted by Crippen LogP contribution is -2.17. The van der Waals surface area contributed by atoms with E-state index < -0.39 is 0 Å². The third kappa shape index (κ3) is 2.48. The van der Waals surface area contributed by atoms with E-state index in [1.165, 1.54) is 0 Å². The standard InChI is InChI=1S/C17H16N4O/c1-11-6-5-8-13(10-11)15-19-17(18)21(20-15)16(22)14-9-4-3-7-12(14)2/h3-10H,1-2H3,(H2,18,19,20). The molecule has 0 atom stereocenters. The fourth-order valence-corrected chi connectivity index (χ4v) is 2.31. The van der Waals surface area contributed by atoms with E-state index >= 15 is 0 Å². The minimum atomic E-state index is -0.276. The second kappa shape index (κ2) is 5.44. The van der Waals surface area contributed by atoms with Crippen molar-refractivity contribution in [3.8, 4) is 11.4 Å². The summed E-state index contributed by atoms with van der Waals surface area (Å²) in [6.45, 7) is 3.87. The van der Waals surface area contributed by atoms with Gasteiger partial charge in [0.25, 0.3) is 5.91 Å². The van der Waals surface area contributed by atoms with Gasteiger partial charge in [-0.05, 0) is 31.5 Å². The molecule has 0 saturated carbocycles. The first-order chi connectivity index (χ1) is 10.6. The molecule has 110 valence electrons. The van der Waals surface area contributed by atoms with Crippen LogP contribution in [0.25, 0.3) is 11.4 Å². The van der Waals surface area contributed by atoms with Crippen molar-refractivity contribution in [3.63, 3.8) is 0 Å². The fourth-order valence-electron chi connectivity index (χ4n) is 2.31. The first-order valence-electron chi connectivity index (χ1n) is 6.96. The lowest BCUT2D eigenvalue weighted by molar-refractivity contribution is 0.0947. The third-order valence-electron chi connectivity index (χ3n) is 3.48. The maximum atomic E-state index is 12.6. The lowest BCUT2D eigenvalue weighted by atomic mass is 10.1. The number of aromatic nitrogens is 3. The summed E-state index contributed by atoms with van der Waals surface area (Å²) in [4.78, 5) is 16.8. The van der Waals surface area contributed by atoms with E-state index in [1.807, 2.05) is 56.3 Å². The summed E-state index contributed by atoms with van der Waals surface area (Å²) in [6, 6.07) is 15.1. The normalized spacial score (nSPS) is 10.6. The molecule has 0 aliphatic heterocycles. The number of nitrogens with two attached hydrogens (primary N) is 1. The zero-order chi connectivity index (χ0) is 15.7. The van der Waals surface area contributed by atoms with Gasteiger partial charge in [0.15, 0.2) is 5.82 Å². The SMILES string of the molecule is Cc1cccc(-c2nc(N)n(C(=O)c3ccccc3C)n2)c1. The van der Waals surface area contributed by atoms with Gasteiger partial charge in [0.1, 0.15) is 0 Å². The minimum Gasteiger partial charge on any atom is -0.368 e. The van der Waals surface area contributed by atoms with Crippen molar-refractivity contribution < 1.29 is 4.79 Å². The van der Waals surface area contributed by atoms with Crippen molar-refractivity contribution in [1.82, 2.24) is 14.8 Å². The third-order valence-corrected chi connectivity index (χ3v) is 3.48. The molecule has 0 bridgehead atoms. The summed E-state index contributed by atoms with van der Waals surface area (Å²) < 4.78 is 1.15. The number of hydrogen-bond donors (Lipinski definition) is 1. The lowest BCUT2D eigenvalue weighted by Gasteiger charge is -2.04. The first kappa shape index (κ1) is 14.0. The van der Waals surface area contributed by atoms with Gasteiger partial charge in [0, 0.05) is 11.1 Å². The molecule has 1 aromatic heterocycles. The van der Waals surface area contributed by atoms with Gasteiger partial charge in [-0.25, -0.2) is 0 Å². The van der Waals surface area contributed by atoms with Crippen molar-refractivity contribution in [3.05, 3.63) is 65.2 Å². The summed E-state index contributed by atoms with van der Waals surface area (Å²) in [5.74, 6) is 0.259. The number of anilines is 1. The Bertz CT molecular complexity index is 851. The van der Waals surface area contributed by atoms with Gasteiger partial charge in [0.2, 0.25) is 5.95 Å². The molecule has 0 saturated heterocycles. The van der Waals surface area contributed by atoms with Crippen molar-refractivity contribution in [2.24, 2.45) is 0 Å². The summed E-state index contributed by atoms with van der Waals surface area (Å²) in [5, 5.41) is 4.27. The molecule has 22 heavy (non-hydrogen) atoms. The van der Waals surface area contributed by atoms with E-state index in [0.717, 1.165) is 21.4 Å². The summed E-state index contributed by atoms with van der Waals surface area (Å²) in [6.07, 6.45) is 0. The zero-order valence-electron chi connectivity index (χ0n) is 12.4. The Morgan fingerprint density at radius 1 is 1.09 bits per heavy atom. The van der Waals surface area contributed by atoms with Crippen LogP contribution in [0.4, 0.5) is 5.95 Å². The van der Waals surface area contributed by atoms with Crippen LogP contribution in [0.2, 0.25) is 0 Å². The highest BCUT2D eigenvalue weighted by molar-refractivity contribution is 5.98. The van der Waals surface area contributed by atoms with Crippen LogP contribution >= 0.6 is 0 Å². The molecule has 0 radical (unpaired) electrons. The predicted molar refractivity (Wildman–Crippen MR) is 85.5 cm³/mol. The Balaban J connectivity index is 2.03. The maximum absolute atomic E-state index is 12.6. The van der Waals surface area contributed by atoms with Crippen molar-refractivity contribution >= 4 is 11.9 Å². The molecule has 0 aliphatic carbocycles. The molecule has 1 heterocycles. The molecule has 3 aromatic rings. The van der Waals surface area contributed by atoms with Crippen LogP contribution in [-0.4, -0.2) is 20.7 Å². The molecule has 5 nitrogen and oxygen atoms in total. The zero-order valence-corrected chi connectivity index (χ0v) is 12.4. The van der Waals surface area contributed by atoms with Crippen molar-refractivity contribution in [2.45, 2.75) is 13.8 Å². The molecule has 0 amide bonds. The summed E-state index contributed by atoms with van der Waals surface area (Å²) in [5.41, 5.74) is 9.24. The molecular weight excluding hydrogens is 276 g/mol. The second-order valence-electron chi connectivity index (χ2n) is 5.19. The predicted octanol–water partition coefficient (Wildman–Crippen LogP) is 2.83. The highest BCUT2D eigenvalue weighted by Crippen LogP contribution is 2.19. The molecule has 2 aromatic carbocycles. The summed E-state index contributed by atoms with van der Waals surface area (Å²) in [7, 11) is 0. The Labute approximate surface area is 128 Å². The molecule has 3 rings (SSSR count). The second-order valence-corrected chi connectivity index (χ2v) is 5.19. The van der Waals surface area contributed by atoms with Crippen LogP contribution in [0.15, 0.2) is 48.5 Å². The maximum Gasteiger partial charge on any atom is 0.281 e. The Kier molecular flexibility index (Phi) is 3.47. The van der Waals surface area contributed by atoms with Crippen LogP contribution in [-0.2, 0) is 0 Å². The van der Waals surface area contributed by atoms with Crippen LogP contribution in [0.1, 0.15) is 21.5 Å². The average molecular weight is 292 g/mol. The van der Waals surface area contributed by atoms with Crippen molar-refractivity contribution in [2.75, 3.05) is 5.73 Å². The van der Waals surface area contributed by atoms with E-state index in [2.05, 4.69) is 10.1 Å². The topological polar surface area (TPSA) is 73.8 Å². The molecule has 0 aliphatic rings. The number of hydrogen-bond acceptors (Lipinski definition) is 4. The van der Waals surface area contributed by atoms with Gasteiger partial charge in [-0.2, -0.15) is 9.67 Å². The van der Waals surface area contributed by atoms with Gasteiger partial charge in [-0.15, -0.1) is 5.10 Å². The molecule has 0 spiro atoms. The number of aryl methyl sites for hydroxylation is 2. The van der Waals surface area contributed by atoms with Crippen LogP contribution in [0.5, 0.6) is 0 Å². The Hall–Kier alpha value is -2.95. The monoisotopic (exact) mass is 292 g/mol. The van der Waals surface area contributed by atoms with Crippen LogP contribution in [0.3, 0.4) is 0 Å². The number of nitrogens with zero attached hydrogens (tertiary/aromatic N) is 3. The largest absolute Gasteiger partial charge is 0.368 e. The van der Waals surface area contributed by atoms with Crippen LogP contribution in [0, 0.1) is 13.8 Å². The van der Waals surface area contributed by atoms with E-state index in [-0.39, 0.29) is 11.9 Å². The smallest absolute Gasteiger partial charge is 0.281 e. The molecule has 2 N–H and O–H groups in total. The molecule has 0 unspecified atom stereocenters. The summed E-state index contributed by atoms with van der Waals surface area (Å²) >= 11 is 0. The van der Waals surface area contributed by atoms with Gasteiger partial charge >= 0.3 is 0 Å². The number of carbonyl (C=O) groups is 1. The number of nitrogen functional groups attached to an aromatic ring is 1. The molecular formula is C17H16N4O. The number of benzene rings is 2. The minimum absolute atomic E-state index is 0.0877. The quantitative estimate of drug-likeness (QED) is 0.788. The van der Waals surface area contributed by atoms with Gasteiger partial charge in [-0.1, -0.05) is 42.0 Å². The van der Waals surface area contributed by atoms with E-state index in [1.54, 1.807) is 6.07 Å².